The molecule has 0 radical (unpaired) electrons. The third-order valence-electron chi connectivity index (χ3n) is 4.08. The predicted molar refractivity (Wildman–Crippen MR) is 102 cm³/mol. The average molecular weight is 376 g/mol. The number of amides is 1. The fraction of sp³-hybridized carbons (Fsp3) is 0.316. The summed E-state index contributed by atoms with van der Waals surface area (Å²) >= 11 is 0. The molecule has 0 saturated carbocycles. The van der Waals surface area contributed by atoms with E-state index in [1.54, 1.807) is 32.0 Å². The van der Waals surface area contributed by atoms with Crippen molar-refractivity contribution in [2.45, 2.75) is 32.1 Å². The van der Waals surface area contributed by atoms with Crippen molar-refractivity contribution in [3.8, 4) is 5.75 Å². The Labute approximate surface area is 154 Å². The number of nitrogens with one attached hydrogen (secondary N) is 2. The molecule has 0 atom stereocenters. The summed E-state index contributed by atoms with van der Waals surface area (Å²) in [5.74, 6) is 0.202. The number of ether oxygens (including phenoxy) is 1. The lowest BCUT2D eigenvalue weighted by Gasteiger charge is -2.13. The molecule has 0 heterocycles. The Kier molecular flexibility index (Phi) is 6.39. The fourth-order valence-corrected chi connectivity index (χ4v) is 3.95. The Bertz CT molecular complexity index is 908. The minimum Gasteiger partial charge on any atom is -0.496 e. The Morgan fingerprint density at radius 3 is 2.46 bits per heavy atom. The van der Waals surface area contributed by atoms with Gasteiger partial charge in [-0.15, -0.1) is 0 Å². The zero-order chi connectivity index (χ0) is 19.3. The number of para-hydroxylation sites is 1. The predicted octanol–water partition coefficient (Wildman–Crippen LogP) is 2.79. The lowest BCUT2D eigenvalue weighted by Crippen LogP contribution is -2.33. The van der Waals surface area contributed by atoms with Crippen LogP contribution in [-0.2, 0) is 21.2 Å². The van der Waals surface area contributed by atoms with Gasteiger partial charge >= 0.3 is 0 Å². The normalized spacial score (nSPS) is 11.2. The van der Waals surface area contributed by atoms with E-state index in [-0.39, 0.29) is 11.4 Å². The van der Waals surface area contributed by atoms with Gasteiger partial charge in [0.1, 0.15) is 5.75 Å². The van der Waals surface area contributed by atoms with E-state index in [4.69, 9.17) is 4.74 Å². The number of hydrogen-bond donors (Lipinski definition) is 2. The van der Waals surface area contributed by atoms with Crippen LogP contribution in [0.3, 0.4) is 0 Å². The molecule has 1 amide bonds. The standard InChI is InChI=1S/C19H24N2O4S/c1-5-15-8-6-7-9-16(15)21-19(22)12-20-26(23,24)18-11-13(2)17(25-4)10-14(18)3/h6-11,20H,5,12H2,1-4H3,(H,21,22). The molecular weight excluding hydrogens is 352 g/mol. The number of anilines is 1. The van der Waals surface area contributed by atoms with Crippen molar-refractivity contribution in [3.05, 3.63) is 53.1 Å². The SMILES string of the molecule is CCc1ccccc1NC(=O)CNS(=O)(=O)c1cc(C)c(OC)cc1C. The summed E-state index contributed by atoms with van der Waals surface area (Å²) in [4.78, 5) is 12.3. The number of carbonyl (C=O) groups excluding carboxylic acids is 1. The number of methoxy groups -OCH3 is 1. The first kappa shape index (κ1) is 19.9. The Morgan fingerprint density at radius 1 is 1.12 bits per heavy atom. The van der Waals surface area contributed by atoms with E-state index < -0.39 is 15.9 Å². The molecule has 0 spiro atoms. The first-order valence-electron chi connectivity index (χ1n) is 8.31. The Morgan fingerprint density at radius 2 is 1.81 bits per heavy atom. The van der Waals surface area contributed by atoms with Gasteiger partial charge in [-0.1, -0.05) is 25.1 Å². The molecular formula is C19H24N2O4S. The van der Waals surface area contributed by atoms with E-state index in [0.717, 1.165) is 12.0 Å². The maximum atomic E-state index is 12.6. The fourth-order valence-electron chi connectivity index (χ4n) is 2.66. The van der Waals surface area contributed by atoms with Crippen molar-refractivity contribution in [2.75, 3.05) is 19.0 Å². The van der Waals surface area contributed by atoms with Crippen LogP contribution < -0.4 is 14.8 Å². The van der Waals surface area contributed by atoms with Gasteiger partial charge in [-0.25, -0.2) is 13.1 Å². The summed E-state index contributed by atoms with van der Waals surface area (Å²) in [5, 5.41) is 2.74. The molecule has 2 rings (SSSR count). The molecule has 7 heteroatoms. The maximum Gasteiger partial charge on any atom is 0.241 e. The van der Waals surface area contributed by atoms with Gasteiger partial charge in [0.2, 0.25) is 15.9 Å². The molecule has 2 N–H and O–H groups in total. The highest BCUT2D eigenvalue weighted by molar-refractivity contribution is 7.89. The second-order valence-electron chi connectivity index (χ2n) is 5.97. The molecule has 0 aliphatic carbocycles. The number of aryl methyl sites for hydroxylation is 3. The van der Waals surface area contributed by atoms with Gasteiger partial charge in [0.05, 0.1) is 18.6 Å². The van der Waals surface area contributed by atoms with E-state index in [0.29, 0.717) is 22.6 Å². The number of carbonyl (C=O) groups is 1. The molecule has 2 aromatic carbocycles. The van der Waals surface area contributed by atoms with Gasteiger partial charge in [0.25, 0.3) is 0 Å². The second kappa shape index (κ2) is 8.33. The van der Waals surface area contributed by atoms with Crippen LogP contribution in [0.5, 0.6) is 5.75 Å². The van der Waals surface area contributed by atoms with Crippen LogP contribution in [0.15, 0.2) is 41.3 Å². The average Bonchev–Trinajstić information content (AvgIpc) is 2.62. The summed E-state index contributed by atoms with van der Waals surface area (Å²) in [5.41, 5.74) is 2.94. The summed E-state index contributed by atoms with van der Waals surface area (Å²) in [6, 6.07) is 10.6. The van der Waals surface area contributed by atoms with E-state index in [2.05, 4.69) is 10.0 Å². The lowest BCUT2D eigenvalue weighted by atomic mass is 10.1. The summed E-state index contributed by atoms with van der Waals surface area (Å²) in [7, 11) is -2.27. The van der Waals surface area contributed by atoms with Crippen LogP contribution in [0.2, 0.25) is 0 Å². The van der Waals surface area contributed by atoms with Gasteiger partial charge in [0.15, 0.2) is 0 Å². The lowest BCUT2D eigenvalue weighted by molar-refractivity contribution is -0.115. The van der Waals surface area contributed by atoms with E-state index >= 15 is 0 Å². The third kappa shape index (κ3) is 4.62. The van der Waals surface area contributed by atoms with Crippen molar-refractivity contribution in [1.82, 2.24) is 4.72 Å². The molecule has 0 saturated heterocycles. The van der Waals surface area contributed by atoms with Crippen molar-refractivity contribution in [3.63, 3.8) is 0 Å². The molecule has 0 aromatic heterocycles. The minimum atomic E-state index is -3.81. The van der Waals surface area contributed by atoms with Crippen LogP contribution in [0.25, 0.3) is 0 Å². The number of sulfonamides is 1. The van der Waals surface area contributed by atoms with Crippen molar-refractivity contribution in [1.29, 1.82) is 0 Å². The number of rotatable bonds is 7. The van der Waals surface area contributed by atoms with Crippen molar-refractivity contribution < 1.29 is 17.9 Å². The molecule has 26 heavy (non-hydrogen) atoms. The monoisotopic (exact) mass is 376 g/mol. The summed E-state index contributed by atoms with van der Waals surface area (Å²) in [6.07, 6.45) is 0.770. The molecule has 0 aliphatic rings. The van der Waals surface area contributed by atoms with Crippen molar-refractivity contribution in [2.24, 2.45) is 0 Å². The first-order valence-corrected chi connectivity index (χ1v) is 9.79. The quantitative estimate of drug-likeness (QED) is 0.778. The smallest absolute Gasteiger partial charge is 0.241 e. The molecule has 0 bridgehead atoms. The number of benzene rings is 2. The largest absolute Gasteiger partial charge is 0.496 e. The maximum absolute atomic E-state index is 12.6. The van der Waals surface area contributed by atoms with Crippen LogP contribution >= 0.6 is 0 Å². The molecule has 6 nitrogen and oxygen atoms in total. The van der Waals surface area contributed by atoms with Crippen LogP contribution in [0.4, 0.5) is 5.69 Å². The zero-order valence-corrected chi connectivity index (χ0v) is 16.2. The van der Waals surface area contributed by atoms with Crippen molar-refractivity contribution >= 4 is 21.6 Å². The molecule has 0 aliphatic heterocycles. The summed E-state index contributed by atoms with van der Waals surface area (Å²) in [6.45, 7) is 5.10. The zero-order valence-electron chi connectivity index (χ0n) is 15.4. The van der Waals surface area contributed by atoms with Gasteiger partial charge in [0, 0.05) is 5.69 Å². The molecule has 0 unspecified atom stereocenters. The third-order valence-corrected chi connectivity index (χ3v) is 5.62. The van der Waals surface area contributed by atoms with E-state index in [1.165, 1.54) is 7.11 Å². The summed E-state index contributed by atoms with van der Waals surface area (Å²) < 4.78 is 32.7. The highest BCUT2D eigenvalue weighted by Gasteiger charge is 2.20. The molecule has 140 valence electrons. The van der Waals surface area contributed by atoms with Crippen LogP contribution in [-0.4, -0.2) is 28.0 Å². The van der Waals surface area contributed by atoms with Gasteiger partial charge < -0.3 is 10.1 Å². The molecule has 0 fully saturated rings. The Hall–Kier alpha value is -2.38. The topological polar surface area (TPSA) is 84.5 Å². The molecule has 2 aromatic rings. The first-order chi connectivity index (χ1) is 12.3. The highest BCUT2D eigenvalue weighted by atomic mass is 32.2. The number of hydrogen-bond acceptors (Lipinski definition) is 4. The van der Waals surface area contributed by atoms with Crippen LogP contribution in [0.1, 0.15) is 23.6 Å². The minimum absolute atomic E-state index is 0.137. The van der Waals surface area contributed by atoms with E-state index in [1.807, 2.05) is 25.1 Å². The van der Waals surface area contributed by atoms with E-state index in [9.17, 15) is 13.2 Å². The van der Waals surface area contributed by atoms with Crippen LogP contribution in [0, 0.1) is 13.8 Å². The van der Waals surface area contributed by atoms with Gasteiger partial charge in [-0.05, 0) is 55.2 Å². The van der Waals surface area contributed by atoms with Gasteiger partial charge in [-0.3, -0.25) is 4.79 Å². The highest BCUT2D eigenvalue weighted by Crippen LogP contribution is 2.25. The Balaban J connectivity index is 2.11. The second-order valence-corrected chi connectivity index (χ2v) is 7.71. The van der Waals surface area contributed by atoms with Gasteiger partial charge in [-0.2, -0.15) is 0 Å².